The first-order valence-electron chi connectivity index (χ1n) is 14.6. The molecule has 1 aliphatic rings. The van der Waals surface area contributed by atoms with E-state index in [0.29, 0.717) is 12.9 Å². The maximum absolute atomic E-state index is 12.3. The number of benzene rings is 4. The second-order valence-electron chi connectivity index (χ2n) is 10.6. The lowest BCUT2D eigenvalue weighted by atomic mass is 9.92. The van der Waals surface area contributed by atoms with Crippen LogP contribution in [0.4, 0.5) is 0 Å². The quantitative estimate of drug-likeness (QED) is 0.191. The summed E-state index contributed by atoms with van der Waals surface area (Å²) in [4.78, 5) is 12.3. The summed E-state index contributed by atoms with van der Waals surface area (Å²) < 4.78 is 31.3. The Labute approximate surface area is 252 Å². The molecule has 7 nitrogen and oxygen atoms in total. The molecule has 4 aromatic rings. The van der Waals surface area contributed by atoms with Crippen molar-refractivity contribution in [3.8, 4) is 0 Å². The Morgan fingerprint density at radius 2 is 1.07 bits per heavy atom. The van der Waals surface area contributed by atoms with Gasteiger partial charge in [-0.15, -0.1) is 0 Å². The zero-order valence-electron chi connectivity index (χ0n) is 24.0. The van der Waals surface area contributed by atoms with Crippen LogP contribution < -0.4 is 0 Å². The van der Waals surface area contributed by atoms with Gasteiger partial charge in [-0.2, -0.15) is 0 Å². The summed E-state index contributed by atoms with van der Waals surface area (Å²) in [6.45, 7) is 1.25. The fourth-order valence-corrected chi connectivity index (χ4v) is 5.13. The Balaban J connectivity index is 1.38. The molecule has 1 fully saturated rings. The van der Waals surface area contributed by atoms with E-state index in [2.05, 4.69) is 0 Å². The minimum Gasteiger partial charge on any atom is -0.387 e. The van der Waals surface area contributed by atoms with Crippen LogP contribution >= 0.6 is 0 Å². The van der Waals surface area contributed by atoms with Crippen molar-refractivity contribution in [3.63, 3.8) is 0 Å². The molecule has 0 unspecified atom stereocenters. The highest BCUT2D eigenvalue weighted by atomic mass is 16.6. The Morgan fingerprint density at radius 1 is 0.628 bits per heavy atom. The highest BCUT2D eigenvalue weighted by Crippen LogP contribution is 2.30. The summed E-state index contributed by atoms with van der Waals surface area (Å²) in [6, 6.07) is 38.9. The lowest BCUT2D eigenvalue weighted by molar-refractivity contribution is -0.276. The van der Waals surface area contributed by atoms with Crippen molar-refractivity contribution >= 4 is 6.29 Å². The predicted octanol–water partition coefficient (Wildman–Crippen LogP) is 5.29. The topological polar surface area (TPSA) is 83.5 Å². The van der Waals surface area contributed by atoms with Crippen molar-refractivity contribution < 1.29 is 33.6 Å². The van der Waals surface area contributed by atoms with Crippen LogP contribution in [0.15, 0.2) is 121 Å². The highest BCUT2D eigenvalue weighted by molar-refractivity contribution is 5.57. The molecule has 0 spiro atoms. The largest absolute Gasteiger partial charge is 0.387 e. The lowest BCUT2D eigenvalue weighted by Crippen LogP contribution is -2.63. The molecule has 0 radical (unpaired) electrons. The van der Waals surface area contributed by atoms with Crippen LogP contribution in [0.2, 0.25) is 0 Å². The van der Waals surface area contributed by atoms with Gasteiger partial charge in [-0.1, -0.05) is 121 Å². The van der Waals surface area contributed by atoms with E-state index in [4.69, 9.17) is 23.7 Å². The lowest BCUT2D eigenvalue weighted by Gasteiger charge is -2.45. The van der Waals surface area contributed by atoms with Crippen LogP contribution in [0.1, 0.15) is 22.3 Å². The molecule has 224 valence electrons. The van der Waals surface area contributed by atoms with Crippen LogP contribution in [0.3, 0.4) is 0 Å². The van der Waals surface area contributed by atoms with Crippen molar-refractivity contribution in [2.45, 2.75) is 63.1 Å². The van der Waals surface area contributed by atoms with Gasteiger partial charge in [0.25, 0.3) is 0 Å². The van der Waals surface area contributed by atoms with Crippen molar-refractivity contribution in [1.29, 1.82) is 0 Å². The van der Waals surface area contributed by atoms with Crippen LogP contribution in [-0.4, -0.2) is 54.6 Å². The molecule has 1 N–H and O–H groups in total. The molecule has 0 aromatic heterocycles. The van der Waals surface area contributed by atoms with Crippen molar-refractivity contribution in [1.82, 2.24) is 0 Å². The van der Waals surface area contributed by atoms with Crippen molar-refractivity contribution in [3.05, 3.63) is 144 Å². The molecule has 43 heavy (non-hydrogen) atoms. The van der Waals surface area contributed by atoms with Crippen LogP contribution in [0.5, 0.6) is 0 Å². The molecule has 5 rings (SSSR count). The first-order chi connectivity index (χ1) is 21.2. The van der Waals surface area contributed by atoms with Crippen LogP contribution in [-0.2, 0) is 54.9 Å². The molecule has 1 aliphatic heterocycles. The summed E-state index contributed by atoms with van der Waals surface area (Å²) in [6.07, 6.45) is -4.72. The number of hydrogen-bond acceptors (Lipinski definition) is 7. The Hall–Kier alpha value is -3.69. The molecule has 6 atom stereocenters. The molecule has 0 amide bonds. The predicted molar refractivity (Wildman–Crippen MR) is 162 cm³/mol. The van der Waals surface area contributed by atoms with Gasteiger partial charge >= 0.3 is 0 Å². The maximum atomic E-state index is 12.3. The first kappa shape index (κ1) is 30.8. The highest BCUT2D eigenvalue weighted by Gasteiger charge is 2.49. The van der Waals surface area contributed by atoms with E-state index in [9.17, 15) is 9.90 Å². The molecule has 7 heteroatoms. The third-order valence-corrected chi connectivity index (χ3v) is 7.40. The second kappa shape index (κ2) is 16.2. The standard InChI is InChI=1S/C36H38O7/c37-21-31(40-23-28-15-7-2-8-16-28)34-33(38)36(42-25-30-19-11-4-12-20-30)35(41-24-29-17-9-3-10-18-29)32(43-34)26-39-22-27-13-5-1-6-14-27/h1-21,31-36,38H,22-26H2/t31-,32-,33+,34+,35+,36-/m1/s1. The number of aliphatic hydroxyl groups is 1. The number of ether oxygens (including phenoxy) is 5. The molecule has 1 heterocycles. The molecule has 4 aromatic carbocycles. The van der Waals surface area contributed by atoms with Gasteiger partial charge < -0.3 is 33.6 Å². The summed E-state index contributed by atoms with van der Waals surface area (Å²) in [5, 5.41) is 11.7. The number of carbonyl (C=O) groups is 1. The maximum Gasteiger partial charge on any atom is 0.151 e. The third-order valence-electron chi connectivity index (χ3n) is 7.40. The monoisotopic (exact) mass is 582 g/mol. The fraction of sp³-hybridized carbons (Fsp3) is 0.306. The molecule has 0 bridgehead atoms. The summed E-state index contributed by atoms with van der Waals surface area (Å²) in [5.74, 6) is 0. The van der Waals surface area contributed by atoms with Gasteiger partial charge in [-0.25, -0.2) is 0 Å². The smallest absolute Gasteiger partial charge is 0.151 e. The summed E-state index contributed by atoms with van der Waals surface area (Å²) in [5.41, 5.74) is 3.85. The first-order valence-corrected chi connectivity index (χ1v) is 14.6. The third kappa shape index (κ3) is 8.91. The summed E-state index contributed by atoms with van der Waals surface area (Å²) in [7, 11) is 0. The number of aldehydes is 1. The molecule has 0 aliphatic carbocycles. The van der Waals surface area contributed by atoms with Gasteiger partial charge in [0.2, 0.25) is 0 Å². The number of aliphatic hydroxyl groups excluding tert-OH is 1. The number of hydrogen-bond donors (Lipinski definition) is 1. The van der Waals surface area contributed by atoms with Gasteiger partial charge in [0.15, 0.2) is 6.29 Å². The number of carbonyl (C=O) groups excluding carboxylic acids is 1. The van der Waals surface area contributed by atoms with Gasteiger partial charge in [-0.05, 0) is 22.3 Å². The zero-order valence-corrected chi connectivity index (χ0v) is 24.0. The van der Waals surface area contributed by atoms with E-state index < -0.39 is 36.6 Å². The molecular weight excluding hydrogens is 544 g/mol. The molecular formula is C36H38O7. The van der Waals surface area contributed by atoms with E-state index in [-0.39, 0.29) is 26.4 Å². The molecule has 1 saturated heterocycles. The Morgan fingerprint density at radius 3 is 1.56 bits per heavy atom. The molecule has 0 saturated carbocycles. The van der Waals surface area contributed by atoms with E-state index in [0.717, 1.165) is 22.3 Å². The van der Waals surface area contributed by atoms with Gasteiger partial charge in [0.1, 0.15) is 36.6 Å². The van der Waals surface area contributed by atoms with E-state index in [1.54, 1.807) is 0 Å². The van der Waals surface area contributed by atoms with Crippen LogP contribution in [0.25, 0.3) is 0 Å². The average molecular weight is 583 g/mol. The minimum absolute atomic E-state index is 0.160. The Bertz CT molecular complexity index is 1340. The van der Waals surface area contributed by atoms with E-state index in [1.165, 1.54) is 0 Å². The zero-order chi connectivity index (χ0) is 29.7. The number of rotatable bonds is 15. The van der Waals surface area contributed by atoms with E-state index in [1.807, 2.05) is 121 Å². The van der Waals surface area contributed by atoms with Crippen LogP contribution in [0, 0.1) is 0 Å². The summed E-state index contributed by atoms with van der Waals surface area (Å²) >= 11 is 0. The van der Waals surface area contributed by atoms with Crippen molar-refractivity contribution in [2.24, 2.45) is 0 Å². The Kier molecular flexibility index (Phi) is 11.6. The van der Waals surface area contributed by atoms with Gasteiger partial charge in [0.05, 0.1) is 33.0 Å². The van der Waals surface area contributed by atoms with Gasteiger partial charge in [0, 0.05) is 0 Å². The van der Waals surface area contributed by atoms with E-state index >= 15 is 0 Å². The fourth-order valence-electron chi connectivity index (χ4n) is 5.13. The van der Waals surface area contributed by atoms with Gasteiger partial charge in [-0.3, -0.25) is 0 Å². The minimum atomic E-state index is -1.21. The average Bonchev–Trinajstić information content (AvgIpc) is 3.06. The van der Waals surface area contributed by atoms with Crippen molar-refractivity contribution in [2.75, 3.05) is 6.61 Å². The SMILES string of the molecule is O=C[C@@H](OCc1ccccc1)[C@@H]1O[C@H](COCc2ccccc2)[C@H](OCc2ccccc2)[C@H](OCc2ccccc2)[C@H]1O. The normalized spacial score (nSPS) is 22.6. The second-order valence-corrected chi connectivity index (χ2v) is 10.6.